The maximum absolute atomic E-state index is 11.8. The summed E-state index contributed by atoms with van der Waals surface area (Å²) in [6, 6.07) is 0. The minimum absolute atomic E-state index is 0.138. The van der Waals surface area contributed by atoms with Crippen molar-refractivity contribution in [3.8, 4) is 0 Å². The van der Waals surface area contributed by atoms with E-state index in [1.54, 1.807) is 0 Å². The summed E-state index contributed by atoms with van der Waals surface area (Å²) in [6.45, 7) is 6.87. The van der Waals surface area contributed by atoms with E-state index < -0.39 is 5.97 Å². The van der Waals surface area contributed by atoms with Crippen molar-refractivity contribution in [1.82, 2.24) is 0 Å². The number of ketones is 1. The molecule has 0 aliphatic rings. The van der Waals surface area contributed by atoms with Gasteiger partial charge in [0.25, 0.3) is 0 Å². The highest BCUT2D eigenvalue weighted by Gasteiger charge is 2.26. The summed E-state index contributed by atoms with van der Waals surface area (Å²) in [4.78, 5) is 25.7. The van der Waals surface area contributed by atoms with Crippen LogP contribution in [0.3, 0.4) is 0 Å². The number of hydrogen-bond donors (Lipinski definition) is 1. The minimum Gasteiger partial charge on any atom is -0.465 e. The third kappa shape index (κ3) is 2.48. The van der Waals surface area contributed by atoms with Gasteiger partial charge in [0.15, 0.2) is 5.78 Å². The average Bonchev–Trinajstić information content (AvgIpc) is 2.68. The minimum atomic E-state index is -0.502. The van der Waals surface area contributed by atoms with Crippen molar-refractivity contribution in [2.45, 2.75) is 20.8 Å². The molecule has 100 valence electrons. The fourth-order valence-electron chi connectivity index (χ4n) is 1.73. The van der Waals surface area contributed by atoms with E-state index in [2.05, 4.69) is 0 Å². The Labute approximate surface area is 111 Å². The summed E-state index contributed by atoms with van der Waals surface area (Å²) in [5, 5.41) is 0.703. The second-order valence-corrected chi connectivity index (χ2v) is 4.74. The van der Waals surface area contributed by atoms with Gasteiger partial charge in [0, 0.05) is 20.0 Å². The molecule has 1 aromatic heterocycles. The van der Waals surface area contributed by atoms with Gasteiger partial charge in [-0.15, -0.1) is 11.3 Å². The zero-order chi connectivity index (χ0) is 13.9. The smallest absolute Gasteiger partial charge is 0.343 e. The molecule has 1 aromatic rings. The second-order valence-electron chi connectivity index (χ2n) is 3.75. The zero-order valence-corrected chi connectivity index (χ0v) is 11.9. The molecule has 1 heterocycles. The van der Waals surface area contributed by atoms with Gasteiger partial charge in [-0.05, 0) is 13.8 Å². The summed E-state index contributed by atoms with van der Waals surface area (Å²) in [7, 11) is 1.30. The predicted molar refractivity (Wildman–Crippen MR) is 73.6 cm³/mol. The first-order chi connectivity index (χ1) is 8.47. The molecule has 0 spiro atoms. The zero-order valence-electron chi connectivity index (χ0n) is 11.1. The molecule has 0 atom stereocenters. The van der Waals surface area contributed by atoms with E-state index in [0.29, 0.717) is 15.4 Å². The van der Waals surface area contributed by atoms with Crippen LogP contribution in [0.5, 0.6) is 0 Å². The van der Waals surface area contributed by atoms with Gasteiger partial charge in [0.1, 0.15) is 10.6 Å². The Morgan fingerprint density at radius 3 is 2.28 bits per heavy atom. The lowest BCUT2D eigenvalue weighted by atomic mass is 10.2. The molecule has 0 fully saturated rings. The highest BCUT2D eigenvalue weighted by Crippen LogP contribution is 2.38. The molecule has 18 heavy (non-hydrogen) atoms. The van der Waals surface area contributed by atoms with Crippen LogP contribution in [0.2, 0.25) is 0 Å². The monoisotopic (exact) mass is 270 g/mol. The van der Waals surface area contributed by atoms with Crippen LogP contribution in [0, 0.1) is 0 Å². The summed E-state index contributed by atoms with van der Waals surface area (Å²) < 4.78 is 4.74. The van der Waals surface area contributed by atoms with Crippen molar-refractivity contribution in [1.29, 1.82) is 0 Å². The van der Waals surface area contributed by atoms with Crippen LogP contribution in [-0.4, -0.2) is 32.0 Å². The Bertz CT molecular complexity index is 464. The van der Waals surface area contributed by atoms with Crippen LogP contribution in [0.4, 0.5) is 10.7 Å². The lowest BCUT2D eigenvalue weighted by Gasteiger charge is -2.20. The van der Waals surface area contributed by atoms with Crippen LogP contribution >= 0.6 is 11.3 Å². The van der Waals surface area contributed by atoms with Gasteiger partial charge >= 0.3 is 5.97 Å². The van der Waals surface area contributed by atoms with E-state index in [1.165, 1.54) is 25.4 Å². The van der Waals surface area contributed by atoms with Crippen LogP contribution in [0.25, 0.3) is 0 Å². The molecule has 0 aliphatic carbocycles. The Hall–Kier alpha value is -1.56. The molecule has 1 rings (SSSR count). The first kappa shape index (κ1) is 14.5. The van der Waals surface area contributed by atoms with Crippen molar-refractivity contribution in [2.75, 3.05) is 30.8 Å². The van der Waals surface area contributed by atoms with E-state index in [-0.39, 0.29) is 11.5 Å². The lowest BCUT2D eigenvalue weighted by molar-refractivity contribution is 0.0603. The largest absolute Gasteiger partial charge is 0.465 e. The van der Waals surface area contributed by atoms with Crippen molar-refractivity contribution < 1.29 is 14.3 Å². The van der Waals surface area contributed by atoms with Gasteiger partial charge in [-0.3, -0.25) is 4.79 Å². The molecule has 0 radical (unpaired) electrons. The van der Waals surface area contributed by atoms with Gasteiger partial charge in [0.05, 0.1) is 17.7 Å². The topological polar surface area (TPSA) is 72.6 Å². The van der Waals surface area contributed by atoms with E-state index in [0.717, 1.165) is 13.1 Å². The molecule has 0 amide bonds. The number of methoxy groups -OCH3 is 1. The maximum atomic E-state index is 11.8. The second kappa shape index (κ2) is 5.86. The Balaban J connectivity index is 3.43. The number of Topliss-reactive ketones (excluding diaryl/α,β-unsaturated/α-hetero) is 1. The van der Waals surface area contributed by atoms with E-state index in [1.807, 2.05) is 18.7 Å². The molecule has 0 aliphatic heterocycles. The molecule has 0 bridgehead atoms. The Morgan fingerprint density at radius 2 is 1.89 bits per heavy atom. The van der Waals surface area contributed by atoms with Crippen molar-refractivity contribution in [2.24, 2.45) is 0 Å². The van der Waals surface area contributed by atoms with Crippen LogP contribution in [0.15, 0.2) is 0 Å². The Kier molecular flexibility index (Phi) is 4.72. The van der Waals surface area contributed by atoms with E-state index >= 15 is 0 Å². The highest BCUT2D eigenvalue weighted by atomic mass is 32.1. The van der Waals surface area contributed by atoms with Crippen LogP contribution in [0.1, 0.15) is 40.8 Å². The number of anilines is 2. The summed E-state index contributed by atoms with van der Waals surface area (Å²) in [5.74, 6) is -0.640. The molecule has 6 heteroatoms. The number of ether oxygens (including phenoxy) is 1. The third-order valence-electron chi connectivity index (χ3n) is 2.69. The van der Waals surface area contributed by atoms with Gasteiger partial charge < -0.3 is 15.4 Å². The SMILES string of the molecule is CCN(CC)c1sc(C(C)=O)c(N)c1C(=O)OC. The van der Waals surface area contributed by atoms with E-state index in [4.69, 9.17) is 10.5 Å². The van der Waals surface area contributed by atoms with Gasteiger partial charge in [-0.1, -0.05) is 0 Å². The van der Waals surface area contributed by atoms with Crippen LogP contribution < -0.4 is 10.6 Å². The number of nitrogens with zero attached hydrogens (tertiary/aromatic N) is 1. The van der Waals surface area contributed by atoms with Crippen LogP contribution in [-0.2, 0) is 4.74 Å². The number of carbonyl (C=O) groups is 2. The van der Waals surface area contributed by atoms with Gasteiger partial charge in [-0.25, -0.2) is 4.79 Å². The van der Waals surface area contributed by atoms with Crippen molar-refractivity contribution >= 4 is 33.8 Å². The normalized spacial score (nSPS) is 10.2. The molecule has 0 aromatic carbocycles. The number of thiophene rings is 1. The first-order valence-electron chi connectivity index (χ1n) is 5.74. The summed E-state index contributed by atoms with van der Waals surface area (Å²) >= 11 is 1.25. The first-order valence-corrected chi connectivity index (χ1v) is 6.55. The fraction of sp³-hybridized carbons (Fsp3) is 0.500. The predicted octanol–water partition coefficient (Wildman–Crippen LogP) is 2.17. The quantitative estimate of drug-likeness (QED) is 0.655. The summed E-state index contributed by atoms with van der Waals surface area (Å²) in [5.41, 5.74) is 6.42. The van der Waals surface area contributed by atoms with Gasteiger partial charge in [-0.2, -0.15) is 0 Å². The average molecular weight is 270 g/mol. The van der Waals surface area contributed by atoms with Gasteiger partial charge in [0.2, 0.25) is 0 Å². The third-order valence-corrected chi connectivity index (χ3v) is 4.05. The molecule has 2 N–H and O–H groups in total. The maximum Gasteiger partial charge on any atom is 0.343 e. The number of rotatable bonds is 5. The molecule has 5 nitrogen and oxygen atoms in total. The van der Waals surface area contributed by atoms with Crippen molar-refractivity contribution in [3.63, 3.8) is 0 Å². The number of carbonyl (C=O) groups excluding carboxylic acids is 2. The Morgan fingerprint density at radius 1 is 1.33 bits per heavy atom. The molecular formula is C12H18N2O3S. The molecule has 0 saturated carbocycles. The summed E-state index contributed by atoms with van der Waals surface area (Å²) in [6.07, 6.45) is 0. The fourth-order valence-corrected chi connectivity index (χ4v) is 2.96. The number of esters is 1. The molecule has 0 saturated heterocycles. The number of hydrogen-bond acceptors (Lipinski definition) is 6. The lowest BCUT2D eigenvalue weighted by Crippen LogP contribution is -2.23. The molecule has 0 unspecified atom stereocenters. The standard InChI is InChI=1S/C12H18N2O3S/c1-5-14(6-2)11-8(12(16)17-4)9(13)10(18-11)7(3)15/h5-6,13H2,1-4H3. The number of nitrogens with two attached hydrogens (primary N) is 1. The van der Waals surface area contributed by atoms with E-state index in [9.17, 15) is 9.59 Å². The van der Waals surface area contributed by atoms with Crippen molar-refractivity contribution in [3.05, 3.63) is 10.4 Å². The number of nitrogen functional groups attached to an aromatic ring is 1. The highest BCUT2D eigenvalue weighted by molar-refractivity contribution is 7.19. The molecular weight excluding hydrogens is 252 g/mol.